The first kappa shape index (κ1) is 25.2. The van der Waals surface area contributed by atoms with Crippen LogP contribution in [0.15, 0.2) is 39.9 Å². The molecule has 3 aromatic rings. The fourth-order valence-electron chi connectivity index (χ4n) is 4.23. The zero-order chi connectivity index (χ0) is 23.8. The van der Waals surface area contributed by atoms with E-state index in [-0.39, 0.29) is 11.8 Å². The minimum Gasteiger partial charge on any atom is -0.391 e. The van der Waals surface area contributed by atoms with E-state index in [0.29, 0.717) is 30.7 Å². The Bertz CT molecular complexity index is 1150. The van der Waals surface area contributed by atoms with Crippen LogP contribution in [0.2, 0.25) is 5.28 Å². The maximum atomic E-state index is 13.3. The van der Waals surface area contributed by atoms with Crippen molar-refractivity contribution in [3.8, 4) is 0 Å². The van der Waals surface area contributed by atoms with Crippen LogP contribution in [-0.2, 0) is 26.1 Å². The molecule has 0 aliphatic carbocycles. The minimum atomic E-state index is -0.772. The van der Waals surface area contributed by atoms with Crippen LogP contribution in [-0.4, -0.2) is 29.9 Å². The molecule has 180 valence electrons. The molecule has 7 nitrogen and oxygen atoms in total. The summed E-state index contributed by atoms with van der Waals surface area (Å²) < 4.78 is 4.39. The van der Waals surface area contributed by atoms with Gasteiger partial charge in [-0.15, -0.1) is 0 Å². The average Bonchev–Trinajstić information content (AvgIpc) is 3.13. The Kier molecular flexibility index (Phi) is 9.32. The predicted octanol–water partition coefficient (Wildman–Crippen LogP) is 4.39. The Labute approximate surface area is 199 Å². The Morgan fingerprint density at radius 1 is 0.939 bits per heavy atom. The molecule has 0 saturated carbocycles. The van der Waals surface area contributed by atoms with Crippen molar-refractivity contribution in [1.29, 1.82) is 0 Å². The first-order valence-electron chi connectivity index (χ1n) is 12.1. The van der Waals surface area contributed by atoms with Crippen LogP contribution in [0, 0.1) is 0 Å². The highest BCUT2D eigenvalue weighted by Gasteiger charge is 2.21. The van der Waals surface area contributed by atoms with Crippen LogP contribution in [0.25, 0.3) is 11.2 Å². The van der Waals surface area contributed by atoms with E-state index in [1.165, 1.54) is 10.1 Å². The Balaban J connectivity index is 1.82. The van der Waals surface area contributed by atoms with Gasteiger partial charge in [-0.2, -0.15) is 4.98 Å². The van der Waals surface area contributed by atoms with Crippen molar-refractivity contribution in [2.75, 3.05) is 0 Å². The molecular formula is C25H35ClN4O3. The molecular weight excluding hydrogens is 440 g/mol. The van der Waals surface area contributed by atoms with Gasteiger partial charge in [0.15, 0.2) is 11.2 Å². The molecule has 0 aliphatic heterocycles. The van der Waals surface area contributed by atoms with E-state index < -0.39 is 17.4 Å². The number of unbranched alkanes of at least 4 members (excludes halogenated alkanes) is 3. The van der Waals surface area contributed by atoms with Gasteiger partial charge in [0.1, 0.15) is 0 Å². The van der Waals surface area contributed by atoms with Crippen molar-refractivity contribution in [2.45, 2.75) is 91.0 Å². The van der Waals surface area contributed by atoms with Gasteiger partial charge >= 0.3 is 5.69 Å². The smallest absolute Gasteiger partial charge is 0.332 e. The van der Waals surface area contributed by atoms with Gasteiger partial charge in [0, 0.05) is 13.1 Å². The van der Waals surface area contributed by atoms with Crippen LogP contribution in [0.4, 0.5) is 0 Å². The van der Waals surface area contributed by atoms with Gasteiger partial charge in [0.2, 0.25) is 5.28 Å². The molecule has 0 spiro atoms. The summed E-state index contributed by atoms with van der Waals surface area (Å²) in [6.07, 6.45) is 6.04. The predicted molar refractivity (Wildman–Crippen MR) is 133 cm³/mol. The molecule has 1 N–H and O–H groups in total. The summed E-state index contributed by atoms with van der Waals surface area (Å²) in [4.78, 5) is 30.9. The molecule has 0 fully saturated rings. The lowest BCUT2D eigenvalue weighted by Crippen LogP contribution is -2.43. The minimum absolute atomic E-state index is 0.0261. The van der Waals surface area contributed by atoms with Crippen LogP contribution >= 0.6 is 11.6 Å². The number of hydrogen-bond acceptors (Lipinski definition) is 4. The molecule has 2 aromatic heterocycles. The SMILES string of the molecule is CCCCCn1c(=O)n(CC(O)CCCCc2ccccc2)c(=O)c2c1nc(Cl)n2CCC. The number of aryl methyl sites for hydroxylation is 3. The van der Waals surface area contributed by atoms with E-state index in [2.05, 4.69) is 24.0 Å². The van der Waals surface area contributed by atoms with Crippen molar-refractivity contribution in [3.63, 3.8) is 0 Å². The molecule has 33 heavy (non-hydrogen) atoms. The zero-order valence-corrected chi connectivity index (χ0v) is 20.4. The first-order chi connectivity index (χ1) is 16.0. The third kappa shape index (κ3) is 6.15. The molecule has 1 atom stereocenters. The summed E-state index contributed by atoms with van der Waals surface area (Å²) in [7, 11) is 0. The third-order valence-electron chi connectivity index (χ3n) is 5.99. The second-order valence-electron chi connectivity index (χ2n) is 8.65. The average molecular weight is 475 g/mol. The number of rotatable bonds is 13. The summed E-state index contributed by atoms with van der Waals surface area (Å²) in [5, 5.41) is 10.9. The second-order valence-corrected chi connectivity index (χ2v) is 8.99. The summed E-state index contributed by atoms with van der Waals surface area (Å²) in [6.45, 7) is 5.08. The van der Waals surface area contributed by atoms with E-state index in [9.17, 15) is 14.7 Å². The largest absolute Gasteiger partial charge is 0.391 e. The Morgan fingerprint density at radius 2 is 1.70 bits per heavy atom. The van der Waals surface area contributed by atoms with Gasteiger partial charge in [0.25, 0.3) is 5.56 Å². The number of benzene rings is 1. The fourth-order valence-corrected chi connectivity index (χ4v) is 4.48. The van der Waals surface area contributed by atoms with E-state index in [4.69, 9.17) is 11.6 Å². The molecule has 1 aromatic carbocycles. The van der Waals surface area contributed by atoms with Crippen molar-refractivity contribution in [1.82, 2.24) is 18.7 Å². The highest BCUT2D eigenvalue weighted by molar-refractivity contribution is 6.29. The lowest BCUT2D eigenvalue weighted by Gasteiger charge is -2.15. The highest BCUT2D eigenvalue weighted by atomic mass is 35.5. The van der Waals surface area contributed by atoms with Crippen LogP contribution in [0.5, 0.6) is 0 Å². The molecule has 1 unspecified atom stereocenters. The quantitative estimate of drug-likeness (QED) is 0.294. The Morgan fingerprint density at radius 3 is 2.39 bits per heavy atom. The van der Waals surface area contributed by atoms with Gasteiger partial charge in [-0.1, -0.05) is 63.4 Å². The van der Waals surface area contributed by atoms with Gasteiger partial charge in [-0.05, 0) is 49.3 Å². The lowest BCUT2D eigenvalue weighted by molar-refractivity contribution is 0.137. The maximum absolute atomic E-state index is 13.3. The number of hydrogen-bond donors (Lipinski definition) is 1. The molecule has 3 rings (SSSR count). The highest BCUT2D eigenvalue weighted by Crippen LogP contribution is 2.17. The summed E-state index contributed by atoms with van der Waals surface area (Å²) in [5.41, 5.74) is 1.09. The number of halogens is 1. The van der Waals surface area contributed by atoms with Gasteiger partial charge in [-0.3, -0.25) is 13.9 Å². The summed E-state index contributed by atoms with van der Waals surface area (Å²) in [5.74, 6) is 0. The van der Waals surface area contributed by atoms with E-state index >= 15 is 0 Å². The summed E-state index contributed by atoms with van der Waals surface area (Å²) in [6, 6.07) is 10.2. The number of aromatic nitrogens is 4. The molecule has 0 aliphatic rings. The van der Waals surface area contributed by atoms with E-state index in [1.807, 2.05) is 25.1 Å². The molecule has 0 radical (unpaired) electrons. The second kappa shape index (κ2) is 12.2. The molecule has 8 heteroatoms. The van der Waals surface area contributed by atoms with E-state index in [0.717, 1.165) is 44.9 Å². The topological polar surface area (TPSA) is 82.0 Å². The number of imidazole rings is 1. The Hall–Kier alpha value is -2.38. The standard InChI is InChI=1S/C25H35ClN4O3/c1-3-5-11-17-29-22-21(28(16-4-2)24(26)27-22)23(32)30(25(29)33)18-20(31)15-10-9-14-19-12-7-6-8-13-19/h6-8,12-13,20,31H,3-5,9-11,14-18H2,1-2H3. The van der Waals surface area contributed by atoms with Gasteiger partial charge < -0.3 is 9.67 Å². The van der Waals surface area contributed by atoms with Crippen LogP contribution in [0.3, 0.4) is 0 Å². The van der Waals surface area contributed by atoms with Gasteiger partial charge in [-0.25, -0.2) is 4.79 Å². The first-order valence-corrected chi connectivity index (χ1v) is 12.5. The fraction of sp³-hybridized carbons (Fsp3) is 0.560. The lowest BCUT2D eigenvalue weighted by atomic mass is 10.1. The van der Waals surface area contributed by atoms with Crippen molar-refractivity contribution in [3.05, 3.63) is 62.0 Å². The summed E-state index contributed by atoms with van der Waals surface area (Å²) >= 11 is 6.34. The maximum Gasteiger partial charge on any atom is 0.332 e. The molecule has 0 bridgehead atoms. The molecule has 0 saturated heterocycles. The van der Waals surface area contributed by atoms with Crippen molar-refractivity contribution in [2.24, 2.45) is 0 Å². The third-order valence-corrected chi connectivity index (χ3v) is 6.28. The molecule has 0 amide bonds. The molecule has 2 heterocycles. The van der Waals surface area contributed by atoms with Crippen LogP contribution < -0.4 is 11.2 Å². The van der Waals surface area contributed by atoms with Crippen LogP contribution in [0.1, 0.15) is 64.4 Å². The zero-order valence-electron chi connectivity index (χ0n) is 19.7. The number of nitrogens with zero attached hydrogens (tertiary/aromatic N) is 4. The number of fused-ring (bicyclic) bond motifs is 1. The normalized spacial score (nSPS) is 12.5. The van der Waals surface area contributed by atoms with E-state index in [1.54, 1.807) is 9.13 Å². The monoisotopic (exact) mass is 474 g/mol. The number of aliphatic hydroxyl groups is 1. The van der Waals surface area contributed by atoms with Gasteiger partial charge in [0.05, 0.1) is 12.6 Å². The van der Waals surface area contributed by atoms with Crippen molar-refractivity contribution >= 4 is 22.8 Å². The van der Waals surface area contributed by atoms with Crippen molar-refractivity contribution < 1.29 is 5.11 Å². The number of aliphatic hydroxyl groups excluding tert-OH is 1.